The SMILES string of the molecule is Cc1nc2cc(NC(=O)c3ccccc3CSc3ncn[nH]3)ccc2o1. The maximum Gasteiger partial charge on any atom is 0.255 e. The van der Waals surface area contributed by atoms with Gasteiger partial charge in [-0.15, -0.1) is 0 Å². The number of H-pyrrole nitrogens is 1. The van der Waals surface area contributed by atoms with Gasteiger partial charge in [-0.2, -0.15) is 5.10 Å². The van der Waals surface area contributed by atoms with Crippen molar-refractivity contribution in [2.45, 2.75) is 17.8 Å². The highest BCUT2D eigenvalue weighted by Crippen LogP contribution is 2.23. The zero-order valence-electron chi connectivity index (χ0n) is 13.9. The molecule has 1 amide bonds. The summed E-state index contributed by atoms with van der Waals surface area (Å²) in [6.45, 7) is 1.79. The van der Waals surface area contributed by atoms with Gasteiger partial charge in [-0.05, 0) is 29.8 Å². The predicted octanol–water partition coefficient (Wildman–Crippen LogP) is 3.80. The first-order chi connectivity index (χ1) is 12.7. The number of oxazole rings is 1. The number of anilines is 1. The molecule has 0 aliphatic heterocycles. The van der Waals surface area contributed by atoms with E-state index in [1.165, 1.54) is 18.1 Å². The van der Waals surface area contributed by atoms with Crippen LogP contribution in [-0.2, 0) is 5.75 Å². The van der Waals surface area contributed by atoms with Gasteiger partial charge >= 0.3 is 0 Å². The number of hydrogen-bond acceptors (Lipinski definition) is 6. The minimum absolute atomic E-state index is 0.168. The third-order valence-electron chi connectivity index (χ3n) is 3.77. The van der Waals surface area contributed by atoms with Crippen LogP contribution in [-0.4, -0.2) is 26.1 Å². The molecule has 2 aromatic carbocycles. The fourth-order valence-electron chi connectivity index (χ4n) is 2.60. The number of fused-ring (bicyclic) bond motifs is 1. The Bertz CT molecular complexity index is 1060. The number of hydrogen-bond donors (Lipinski definition) is 2. The lowest BCUT2D eigenvalue weighted by Crippen LogP contribution is -2.14. The molecule has 2 aromatic heterocycles. The fraction of sp³-hybridized carbons (Fsp3) is 0.111. The summed E-state index contributed by atoms with van der Waals surface area (Å²) in [6, 6.07) is 12.9. The topological polar surface area (TPSA) is 96.7 Å². The van der Waals surface area contributed by atoms with E-state index in [0.29, 0.717) is 33.6 Å². The van der Waals surface area contributed by atoms with Gasteiger partial charge in [-0.25, -0.2) is 9.97 Å². The van der Waals surface area contributed by atoms with E-state index >= 15 is 0 Å². The van der Waals surface area contributed by atoms with Gasteiger partial charge in [-0.1, -0.05) is 30.0 Å². The Morgan fingerprint density at radius 2 is 2.15 bits per heavy atom. The van der Waals surface area contributed by atoms with E-state index in [1.807, 2.05) is 24.3 Å². The standard InChI is InChI=1S/C18H15N5O2S/c1-11-21-15-8-13(6-7-16(15)25-11)22-17(24)14-5-3-2-4-12(14)9-26-18-19-10-20-23-18/h2-8,10H,9H2,1H3,(H,22,24)(H,19,20,23). The number of aromatic nitrogens is 4. The number of carbonyl (C=O) groups excluding carboxylic acids is 1. The van der Waals surface area contributed by atoms with Crippen molar-refractivity contribution in [3.05, 3.63) is 65.8 Å². The Hall–Kier alpha value is -3.13. The lowest BCUT2D eigenvalue weighted by atomic mass is 10.1. The molecule has 4 aromatic rings. The summed E-state index contributed by atoms with van der Waals surface area (Å²) in [5.74, 6) is 1.04. The zero-order valence-corrected chi connectivity index (χ0v) is 14.7. The van der Waals surface area contributed by atoms with E-state index in [2.05, 4.69) is 25.5 Å². The Balaban J connectivity index is 1.53. The average molecular weight is 365 g/mol. The van der Waals surface area contributed by atoms with Crippen molar-refractivity contribution in [3.63, 3.8) is 0 Å². The lowest BCUT2D eigenvalue weighted by Gasteiger charge is -2.09. The van der Waals surface area contributed by atoms with Gasteiger partial charge in [0.15, 0.2) is 16.6 Å². The molecule has 0 aliphatic carbocycles. The molecule has 7 nitrogen and oxygen atoms in total. The molecule has 0 radical (unpaired) electrons. The third-order valence-corrected chi connectivity index (χ3v) is 4.70. The molecule has 0 saturated carbocycles. The van der Waals surface area contributed by atoms with Crippen LogP contribution < -0.4 is 5.32 Å². The average Bonchev–Trinajstić information content (AvgIpc) is 3.28. The normalized spacial score (nSPS) is 11.0. The molecule has 0 bridgehead atoms. The van der Waals surface area contributed by atoms with Gasteiger partial charge in [0.1, 0.15) is 11.8 Å². The van der Waals surface area contributed by atoms with Crippen molar-refractivity contribution >= 4 is 34.5 Å². The highest BCUT2D eigenvalue weighted by atomic mass is 32.2. The number of nitrogens with one attached hydrogen (secondary N) is 2. The maximum absolute atomic E-state index is 12.7. The van der Waals surface area contributed by atoms with E-state index in [-0.39, 0.29) is 5.91 Å². The molecule has 4 rings (SSSR count). The van der Waals surface area contributed by atoms with Gasteiger partial charge in [0.05, 0.1) is 0 Å². The molecule has 26 heavy (non-hydrogen) atoms. The molecule has 2 N–H and O–H groups in total. The van der Waals surface area contributed by atoms with Gasteiger partial charge < -0.3 is 9.73 Å². The summed E-state index contributed by atoms with van der Waals surface area (Å²) in [5.41, 5.74) is 3.63. The second-order valence-electron chi connectivity index (χ2n) is 5.61. The summed E-state index contributed by atoms with van der Waals surface area (Å²) < 4.78 is 5.46. The minimum Gasteiger partial charge on any atom is -0.441 e. The molecule has 2 heterocycles. The quantitative estimate of drug-likeness (QED) is 0.522. The summed E-state index contributed by atoms with van der Waals surface area (Å²) in [6.07, 6.45) is 1.46. The van der Waals surface area contributed by atoms with E-state index in [0.717, 1.165) is 11.1 Å². The molecule has 130 valence electrons. The molecule has 0 atom stereocenters. The monoisotopic (exact) mass is 365 g/mol. The van der Waals surface area contributed by atoms with E-state index in [4.69, 9.17) is 4.42 Å². The highest BCUT2D eigenvalue weighted by molar-refractivity contribution is 7.98. The van der Waals surface area contributed by atoms with Crippen LogP contribution in [0.15, 0.2) is 58.4 Å². The number of aromatic amines is 1. The smallest absolute Gasteiger partial charge is 0.255 e. The van der Waals surface area contributed by atoms with Crippen LogP contribution in [0.5, 0.6) is 0 Å². The van der Waals surface area contributed by atoms with Crippen molar-refractivity contribution < 1.29 is 9.21 Å². The largest absolute Gasteiger partial charge is 0.441 e. The Kier molecular flexibility index (Phi) is 4.40. The summed E-state index contributed by atoms with van der Waals surface area (Å²) in [5, 5.41) is 10.3. The Morgan fingerprint density at radius 1 is 1.27 bits per heavy atom. The number of carbonyl (C=O) groups is 1. The molecule has 0 saturated heterocycles. The van der Waals surface area contributed by atoms with E-state index in [1.54, 1.807) is 25.1 Å². The number of thioether (sulfide) groups is 1. The molecule has 0 aliphatic rings. The van der Waals surface area contributed by atoms with Crippen LogP contribution in [0.3, 0.4) is 0 Å². The molecular formula is C18H15N5O2S. The second-order valence-corrected chi connectivity index (χ2v) is 6.57. The summed E-state index contributed by atoms with van der Waals surface area (Å²) in [4.78, 5) is 21.1. The third kappa shape index (κ3) is 3.45. The van der Waals surface area contributed by atoms with Crippen LogP contribution in [0.1, 0.15) is 21.8 Å². The fourth-order valence-corrected chi connectivity index (χ4v) is 3.38. The van der Waals surface area contributed by atoms with Crippen LogP contribution in [0.2, 0.25) is 0 Å². The minimum atomic E-state index is -0.168. The van der Waals surface area contributed by atoms with E-state index in [9.17, 15) is 4.79 Å². The molecule has 0 fully saturated rings. The molecule has 0 unspecified atom stereocenters. The number of nitrogens with zero attached hydrogens (tertiary/aromatic N) is 3. The Morgan fingerprint density at radius 3 is 3.00 bits per heavy atom. The molecule has 0 spiro atoms. The summed E-state index contributed by atoms with van der Waals surface area (Å²) >= 11 is 1.49. The lowest BCUT2D eigenvalue weighted by molar-refractivity contribution is 0.102. The first kappa shape index (κ1) is 16.3. The first-order valence-corrected chi connectivity index (χ1v) is 8.92. The predicted molar refractivity (Wildman–Crippen MR) is 99.1 cm³/mol. The van der Waals surface area contributed by atoms with Crippen molar-refractivity contribution in [2.75, 3.05) is 5.32 Å². The van der Waals surface area contributed by atoms with Crippen molar-refractivity contribution in [3.8, 4) is 0 Å². The van der Waals surface area contributed by atoms with Crippen molar-refractivity contribution in [2.24, 2.45) is 0 Å². The molecule has 8 heteroatoms. The van der Waals surface area contributed by atoms with Gasteiger partial charge in [0.2, 0.25) is 0 Å². The van der Waals surface area contributed by atoms with Gasteiger partial charge in [0, 0.05) is 23.9 Å². The second kappa shape index (κ2) is 7.01. The number of benzene rings is 2. The van der Waals surface area contributed by atoms with Crippen LogP contribution >= 0.6 is 11.8 Å². The summed E-state index contributed by atoms with van der Waals surface area (Å²) in [7, 11) is 0. The van der Waals surface area contributed by atoms with Gasteiger partial charge in [0.25, 0.3) is 5.91 Å². The van der Waals surface area contributed by atoms with Crippen molar-refractivity contribution in [1.82, 2.24) is 20.2 Å². The number of amides is 1. The van der Waals surface area contributed by atoms with Crippen LogP contribution in [0.4, 0.5) is 5.69 Å². The molecular weight excluding hydrogens is 350 g/mol. The van der Waals surface area contributed by atoms with Crippen LogP contribution in [0, 0.1) is 6.92 Å². The van der Waals surface area contributed by atoms with Crippen LogP contribution in [0.25, 0.3) is 11.1 Å². The van der Waals surface area contributed by atoms with Gasteiger partial charge in [-0.3, -0.25) is 9.89 Å². The van der Waals surface area contributed by atoms with Crippen molar-refractivity contribution in [1.29, 1.82) is 0 Å². The highest BCUT2D eigenvalue weighted by Gasteiger charge is 2.13. The maximum atomic E-state index is 12.7. The zero-order chi connectivity index (χ0) is 17.9. The Labute approximate surface area is 153 Å². The van der Waals surface area contributed by atoms with E-state index < -0.39 is 0 Å². The number of aryl methyl sites for hydroxylation is 1. The number of rotatable bonds is 5. The first-order valence-electron chi connectivity index (χ1n) is 7.93.